The van der Waals surface area contributed by atoms with Gasteiger partial charge in [-0.05, 0) is 146 Å². The van der Waals surface area contributed by atoms with Crippen LogP contribution in [0.3, 0.4) is 0 Å². The van der Waals surface area contributed by atoms with Crippen molar-refractivity contribution in [2.45, 2.75) is 270 Å². The van der Waals surface area contributed by atoms with E-state index in [-0.39, 0.29) is 24.0 Å². The second-order valence-electron chi connectivity index (χ2n) is 26.0. The van der Waals surface area contributed by atoms with Crippen LogP contribution in [0.4, 0.5) is 9.59 Å². The van der Waals surface area contributed by atoms with E-state index in [9.17, 15) is 9.59 Å². The molecule has 0 unspecified atom stereocenters. The molecular formula is C67H135N19O2. The normalized spacial score (nSPS) is 14.7. The fourth-order valence-electron chi connectivity index (χ4n) is 10.8. The van der Waals surface area contributed by atoms with E-state index in [4.69, 9.17) is 34.4 Å². The third kappa shape index (κ3) is 50.9. The second-order valence-corrected chi connectivity index (χ2v) is 26.0. The van der Waals surface area contributed by atoms with Crippen LogP contribution in [0, 0.1) is 17.8 Å². The van der Waals surface area contributed by atoms with E-state index in [1.54, 1.807) is 0 Å². The Bertz CT molecular complexity index is 1850. The molecule has 0 heterocycles. The van der Waals surface area contributed by atoms with Crippen molar-refractivity contribution in [3.05, 3.63) is 0 Å². The van der Waals surface area contributed by atoms with Gasteiger partial charge in [-0.25, -0.2) is 9.59 Å². The SMILES string of the molecule is NC(N)=NCCCCCCCCN(CCCCCCCCNC(N)=NCC1CC1)C(=O)N(CCCCCCCCN=C(N)NC(=O)NCCCCCCCCNCCCCCCCCNC(N)=NCC1CC1)CCCCCCCCNC(N)=NCC1CC1. The Labute approximate surface area is 535 Å². The maximum atomic E-state index is 14.6. The molecule has 0 radical (unpaired) electrons. The highest BCUT2D eigenvalue weighted by Gasteiger charge is 2.23. The van der Waals surface area contributed by atoms with Crippen LogP contribution in [0.15, 0.2) is 25.0 Å². The first kappa shape index (κ1) is 77.3. The van der Waals surface area contributed by atoms with E-state index in [0.717, 1.165) is 231 Å². The van der Waals surface area contributed by atoms with Gasteiger partial charge in [0.05, 0.1) is 0 Å². The average Bonchev–Trinajstić information content (AvgIpc) is 4.49. The van der Waals surface area contributed by atoms with Gasteiger partial charge >= 0.3 is 12.1 Å². The van der Waals surface area contributed by atoms with Crippen LogP contribution in [0.25, 0.3) is 0 Å². The van der Waals surface area contributed by atoms with Gasteiger partial charge in [0.2, 0.25) is 0 Å². The zero-order valence-electron chi connectivity index (χ0n) is 55.9. The summed E-state index contributed by atoms with van der Waals surface area (Å²) in [6.45, 7) is 12.6. The summed E-state index contributed by atoms with van der Waals surface area (Å²) in [5, 5.41) is 19.1. The van der Waals surface area contributed by atoms with Crippen molar-refractivity contribution >= 4 is 41.9 Å². The lowest BCUT2D eigenvalue weighted by molar-refractivity contribution is 0.148. The molecule has 0 aromatic heterocycles. The summed E-state index contributed by atoms with van der Waals surface area (Å²) in [5.41, 5.74) is 35.1. The van der Waals surface area contributed by atoms with Gasteiger partial charge in [0.15, 0.2) is 29.8 Å². The largest absolute Gasteiger partial charge is 0.370 e. The standard InChI is InChI=1S/C67H135N19O2/c68-61(69)75-45-27-15-5-9-21-33-51-85(52-34-22-10-6-17-29-47-77-63(71)82-56-59-39-40-59)67(88)86(53-35-23-11-7-18-30-48-78-64(72)83-57-60-41-42-60)54-36-24-12-8-19-31-49-79-65(73)84-66(87)80-50-32-20-4-2-14-26-44-74-43-25-13-1-3-16-28-46-76-62(70)81-55-58-37-38-58/h58-60,74H,1-57H2,(H4,68,69,75)(H3,70,76,81)(H3,71,77,82)(H3,72,78,83)(H4,73,79,80,84,87). The molecule has 3 aliphatic rings. The van der Waals surface area contributed by atoms with Gasteiger partial charge in [-0.15, -0.1) is 0 Å². The first-order valence-electron chi connectivity index (χ1n) is 36.3. The number of aliphatic imine (C=N–C) groups is 5. The fraction of sp³-hybridized carbons (Fsp3) is 0.896. The minimum Gasteiger partial charge on any atom is -0.370 e. The fourth-order valence-corrected chi connectivity index (χ4v) is 10.8. The lowest BCUT2D eigenvalue weighted by Gasteiger charge is -2.31. The smallest absolute Gasteiger partial charge is 0.321 e. The number of nitrogens with zero attached hydrogens (tertiary/aromatic N) is 7. The molecule has 0 atom stereocenters. The summed E-state index contributed by atoms with van der Waals surface area (Å²) in [6, 6.07) is -0.0638. The second kappa shape index (κ2) is 54.9. The van der Waals surface area contributed by atoms with Crippen LogP contribution in [-0.2, 0) is 0 Å². The van der Waals surface area contributed by atoms with Crippen LogP contribution in [0.5, 0.6) is 0 Å². The molecule has 21 nitrogen and oxygen atoms in total. The highest BCUT2D eigenvalue weighted by molar-refractivity contribution is 5.95. The van der Waals surface area contributed by atoms with Crippen molar-refractivity contribution in [2.24, 2.45) is 77.1 Å². The number of carbonyl (C=O) groups excluding carboxylic acids is 2. The highest BCUT2D eigenvalue weighted by atomic mass is 16.2. The maximum Gasteiger partial charge on any atom is 0.321 e. The minimum absolute atomic E-state index is 0.163. The predicted molar refractivity (Wildman–Crippen MR) is 373 cm³/mol. The topological polar surface area (TPSA) is 331 Å². The van der Waals surface area contributed by atoms with Gasteiger partial charge in [-0.1, -0.05) is 154 Å². The first-order valence-corrected chi connectivity index (χ1v) is 36.3. The highest BCUT2D eigenvalue weighted by Crippen LogP contribution is 2.30. The number of amides is 4. The molecule has 21 heteroatoms. The molecule has 88 heavy (non-hydrogen) atoms. The summed E-state index contributed by atoms with van der Waals surface area (Å²) in [4.78, 5) is 53.3. The number of unbranched alkanes of at least 4 members (excludes halogenated alkanes) is 30. The van der Waals surface area contributed by atoms with E-state index in [1.807, 2.05) is 0 Å². The number of hydrogen-bond donors (Lipinski definition) is 12. The Balaban J connectivity index is 1.27. The van der Waals surface area contributed by atoms with E-state index in [2.05, 4.69) is 66.7 Å². The Morgan fingerprint density at radius 3 is 0.898 bits per heavy atom. The Hall–Kier alpha value is -4.95. The van der Waals surface area contributed by atoms with Gasteiger partial charge in [-0.3, -0.25) is 30.3 Å². The monoisotopic (exact) mass is 1240 g/mol. The van der Waals surface area contributed by atoms with E-state index in [0.29, 0.717) is 37.5 Å². The summed E-state index contributed by atoms with van der Waals surface area (Å²) in [6.07, 6.45) is 48.7. The van der Waals surface area contributed by atoms with E-state index >= 15 is 0 Å². The quantitative estimate of drug-likeness (QED) is 0.0154. The molecule has 3 fully saturated rings. The van der Waals surface area contributed by atoms with Crippen LogP contribution >= 0.6 is 0 Å². The summed E-state index contributed by atoms with van der Waals surface area (Å²) >= 11 is 0. The molecule has 3 rings (SSSR count). The van der Waals surface area contributed by atoms with Crippen LogP contribution in [0.1, 0.15) is 270 Å². The molecule has 0 bridgehead atoms. The van der Waals surface area contributed by atoms with Crippen molar-refractivity contribution in [1.29, 1.82) is 0 Å². The lowest BCUT2D eigenvalue weighted by Crippen LogP contribution is -2.45. The third-order valence-corrected chi connectivity index (χ3v) is 17.2. The lowest BCUT2D eigenvalue weighted by atomic mass is 10.1. The van der Waals surface area contributed by atoms with Crippen molar-refractivity contribution < 1.29 is 9.59 Å². The summed E-state index contributed by atoms with van der Waals surface area (Å²) < 4.78 is 0. The van der Waals surface area contributed by atoms with Gasteiger partial charge in [0.1, 0.15) is 0 Å². The van der Waals surface area contributed by atoms with Gasteiger partial charge in [0, 0.05) is 85.1 Å². The summed E-state index contributed by atoms with van der Waals surface area (Å²) in [7, 11) is 0. The van der Waals surface area contributed by atoms with Crippen molar-refractivity contribution in [2.75, 3.05) is 98.2 Å². The molecular weight excluding hydrogens is 1100 g/mol. The van der Waals surface area contributed by atoms with Crippen LogP contribution < -0.4 is 66.3 Å². The number of nitrogens with one attached hydrogen (secondary N) is 6. The molecule has 0 aromatic carbocycles. The first-order chi connectivity index (χ1) is 43.1. The van der Waals surface area contributed by atoms with Crippen LogP contribution in [0.2, 0.25) is 0 Å². The molecule has 3 aliphatic carbocycles. The number of nitrogens with two attached hydrogens (primary N) is 6. The van der Waals surface area contributed by atoms with Gasteiger partial charge in [0.25, 0.3) is 0 Å². The predicted octanol–water partition coefficient (Wildman–Crippen LogP) is 10.2. The number of urea groups is 2. The van der Waals surface area contributed by atoms with Crippen molar-refractivity contribution in [1.82, 2.24) is 41.7 Å². The molecule has 3 saturated carbocycles. The number of guanidine groups is 5. The Morgan fingerprint density at radius 1 is 0.307 bits per heavy atom. The van der Waals surface area contributed by atoms with E-state index in [1.165, 1.54) is 135 Å². The Morgan fingerprint density at radius 2 is 0.580 bits per heavy atom. The van der Waals surface area contributed by atoms with Crippen molar-refractivity contribution in [3.8, 4) is 0 Å². The molecule has 0 spiro atoms. The van der Waals surface area contributed by atoms with Crippen LogP contribution in [-0.4, -0.2) is 150 Å². The average molecular weight is 1240 g/mol. The zero-order valence-corrected chi connectivity index (χ0v) is 55.9. The molecule has 4 amide bonds. The Kier molecular flexibility index (Phi) is 48.3. The molecule has 18 N–H and O–H groups in total. The zero-order chi connectivity index (χ0) is 63.0. The van der Waals surface area contributed by atoms with Gasteiger partial charge in [-0.2, -0.15) is 0 Å². The molecule has 0 saturated heterocycles. The molecule has 0 aliphatic heterocycles. The van der Waals surface area contributed by atoms with E-state index < -0.39 is 0 Å². The minimum atomic E-state index is -0.285. The third-order valence-electron chi connectivity index (χ3n) is 17.2. The number of rotatable bonds is 60. The number of carbonyl (C=O) groups is 2. The molecule has 510 valence electrons. The van der Waals surface area contributed by atoms with Crippen molar-refractivity contribution in [3.63, 3.8) is 0 Å². The number of hydrogen-bond acceptors (Lipinski definition) is 8. The summed E-state index contributed by atoms with van der Waals surface area (Å²) in [5.74, 6) is 4.40. The maximum absolute atomic E-state index is 14.6. The van der Waals surface area contributed by atoms with Gasteiger partial charge < -0.3 is 70.8 Å². The molecule has 0 aromatic rings.